The molecule has 1 aliphatic heterocycles. The van der Waals surface area contributed by atoms with E-state index in [0.29, 0.717) is 11.8 Å². The van der Waals surface area contributed by atoms with Crippen LogP contribution in [0.4, 0.5) is 5.82 Å². The van der Waals surface area contributed by atoms with Gasteiger partial charge in [0.15, 0.2) is 5.65 Å². The Hall–Kier alpha value is -1.69. The van der Waals surface area contributed by atoms with Gasteiger partial charge in [0.1, 0.15) is 11.6 Å². The van der Waals surface area contributed by atoms with Crippen molar-refractivity contribution in [3.8, 4) is 0 Å². The van der Waals surface area contributed by atoms with Crippen molar-refractivity contribution in [3.05, 3.63) is 12.0 Å². The molecule has 1 saturated heterocycles. The summed E-state index contributed by atoms with van der Waals surface area (Å²) in [5, 5.41) is 9.14. The second-order valence-corrected chi connectivity index (χ2v) is 8.11. The number of nitrogens with one attached hydrogen (secondary N) is 1. The van der Waals surface area contributed by atoms with Crippen molar-refractivity contribution >= 4 is 16.9 Å². The van der Waals surface area contributed by atoms with Gasteiger partial charge in [0, 0.05) is 26.1 Å². The lowest BCUT2D eigenvalue weighted by Crippen LogP contribution is -2.38. The van der Waals surface area contributed by atoms with Crippen LogP contribution < -0.4 is 5.32 Å². The smallest absolute Gasteiger partial charge is 0.163 e. The van der Waals surface area contributed by atoms with Gasteiger partial charge in [-0.25, -0.2) is 9.97 Å². The molecule has 2 aliphatic rings. The van der Waals surface area contributed by atoms with Gasteiger partial charge in [-0.1, -0.05) is 19.8 Å². The summed E-state index contributed by atoms with van der Waals surface area (Å²) in [7, 11) is 1.97. The average Bonchev–Trinajstić information content (AvgIpc) is 3.31. The fraction of sp³-hybridized carbons (Fsp3) is 0.750. The highest BCUT2D eigenvalue weighted by Crippen LogP contribution is 2.34. The van der Waals surface area contributed by atoms with Crippen molar-refractivity contribution < 1.29 is 0 Å². The van der Waals surface area contributed by atoms with E-state index in [1.54, 1.807) is 0 Å². The number of anilines is 1. The predicted octanol–water partition coefficient (Wildman–Crippen LogP) is 3.55. The Balaban J connectivity index is 1.51. The van der Waals surface area contributed by atoms with Gasteiger partial charge in [0.25, 0.3) is 0 Å². The van der Waals surface area contributed by atoms with Gasteiger partial charge in [-0.2, -0.15) is 5.10 Å². The summed E-state index contributed by atoms with van der Waals surface area (Å²) >= 11 is 0. The van der Waals surface area contributed by atoms with Crippen LogP contribution in [0.25, 0.3) is 11.0 Å². The van der Waals surface area contributed by atoms with Crippen LogP contribution in [0.15, 0.2) is 6.20 Å². The topological polar surface area (TPSA) is 58.9 Å². The standard InChI is InChI=1S/C20H32N6/c1-3-10-26-11-6-7-15(14-26)12-21-19-17-13-22-25(2)20(17)24-18(23-19)16-8-4-5-9-16/h13,15-16H,3-12,14H2,1-2H3,(H,21,23,24)/t15-/m0/s1. The third-order valence-electron chi connectivity index (χ3n) is 6.03. The van der Waals surface area contributed by atoms with Crippen molar-refractivity contribution in [2.45, 2.75) is 57.8 Å². The first-order chi connectivity index (χ1) is 12.7. The normalized spacial score (nSPS) is 22.3. The molecule has 2 aromatic heterocycles. The van der Waals surface area contributed by atoms with Crippen LogP contribution in [0.5, 0.6) is 0 Å². The highest BCUT2D eigenvalue weighted by atomic mass is 15.3. The lowest BCUT2D eigenvalue weighted by atomic mass is 9.98. The van der Waals surface area contributed by atoms with E-state index in [0.717, 1.165) is 29.2 Å². The molecule has 142 valence electrons. The highest BCUT2D eigenvalue weighted by molar-refractivity contribution is 5.86. The second kappa shape index (κ2) is 7.91. The monoisotopic (exact) mass is 356 g/mol. The molecule has 0 unspecified atom stereocenters. The minimum atomic E-state index is 0.518. The van der Waals surface area contributed by atoms with E-state index < -0.39 is 0 Å². The molecule has 6 heteroatoms. The van der Waals surface area contributed by atoms with Gasteiger partial charge >= 0.3 is 0 Å². The van der Waals surface area contributed by atoms with Crippen molar-refractivity contribution in [1.82, 2.24) is 24.6 Å². The van der Waals surface area contributed by atoms with Crippen molar-refractivity contribution in [2.75, 3.05) is 31.5 Å². The molecule has 2 aromatic rings. The molecule has 6 nitrogen and oxygen atoms in total. The number of piperidine rings is 1. The van der Waals surface area contributed by atoms with E-state index in [2.05, 4.69) is 22.2 Å². The van der Waals surface area contributed by atoms with Crippen molar-refractivity contribution in [1.29, 1.82) is 0 Å². The van der Waals surface area contributed by atoms with Crippen LogP contribution >= 0.6 is 0 Å². The Morgan fingerprint density at radius 1 is 1.15 bits per heavy atom. The molecule has 0 radical (unpaired) electrons. The quantitative estimate of drug-likeness (QED) is 0.858. The van der Waals surface area contributed by atoms with Crippen LogP contribution in [-0.4, -0.2) is 50.8 Å². The molecule has 1 aliphatic carbocycles. The maximum Gasteiger partial charge on any atom is 0.163 e. The lowest BCUT2D eigenvalue weighted by molar-refractivity contribution is 0.181. The number of aromatic nitrogens is 4. The number of likely N-dealkylation sites (tertiary alicyclic amines) is 1. The van der Waals surface area contributed by atoms with E-state index in [-0.39, 0.29) is 0 Å². The summed E-state index contributed by atoms with van der Waals surface area (Å²) in [6.07, 6.45) is 10.8. The lowest BCUT2D eigenvalue weighted by Gasteiger charge is -2.32. The third kappa shape index (κ3) is 3.70. The Bertz CT molecular complexity index is 731. The van der Waals surface area contributed by atoms with Crippen molar-refractivity contribution in [2.24, 2.45) is 13.0 Å². The number of hydrogen-bond acceptors (Lipinski definition) is 5. The summed E-state index contributed by atoms with van der Waals surface area (Å²) in [6, 6.07) is 0. The van der Waals surface area contributed by atoms with Crippen LogP contribution in [0.2, 0.25) is 0 Å². The number of fused-ring (bicyclic) bond motifs is 1. The molecule has 0 aromatic carbocycles. The molecule has 2 fully saturated rings. The first kappa shape index (κ1) is 17.7. The molecular formula is C20H32N6. The zero-order valence-corrected chi connectivity index (χ0v) is 16.2. The number of aryl methyl sites for hydroxylation is 1. The zero-order chi connectivity index (χ0) is 17.9. The first-order valence-electron chi connectivity index (χ1n) is 10.4. The Morgan fingerprint density at radius 3 is 2.81 bits per heavy atom. The van der Waals surface area contributed by atoms with Crippen LogP contribution in [0.3, 0.4) is 0 Å². The number of rotatable bonds is 6. The summed E-state index contributed by atoms with van der Waals surface area (Å²) in [5.41, 5.74) is 0.959. The maximum atomic E-state index is 4.95. The summed E-state index contributed by atoms with van der Waals surface area (Å²) in [4.78, 5) is 12.4. The van der Waals surface area contributed by atoms with Gasteiger partial charge in [-0.05, 0) is 51.1 Å². The molecule has 1 atom stereocenters. The van der Waals surface area contributed by atoms with E-state index in [1.807, 2.05) is 17.9 Å². The Labute approximate surface area is 156 Å². The molecule has 0 spiro atoms. The minimum Gasteiger partial charge on any atom is -0.369 e. The Kier molecular flexibility index (Phi) is 5.38. The molecular weight excluding hydrogens is 324 g/mol. The van der Waals surface area contributed by atoms with E-state index in [4.69, 9.17) is 9.97 Å². The Morgan fingerprint density at radius 2 is 2.00 bits per heavy atom. The highest BCUT2D eigenvalue weighted by Gasteiger charge is 2.23. The molecule has 1 saturated carbocycles. The molecule has 0 amide bonds. The third-order valence-corrected chi connectivity index (χ3v) is 6.03. The predicted molar refractivity (Wildman–Crippen MR) is 105 cm³/mol. The van der Waals surface area contributed by atoms with Crippen LogP contribution in [0, 0.1) is 5.92 Å². The summed E-state index contributed by atoms with van der Waals surface area (Å²) in [6.45, 7) is 6.95. The minimum absolute atomic E-state index is 0.518. The van der Waals surface area contributed by atoms with Crippen LogP contribution in [-0.2, 0) is 7.05 Å². The van der Waals surface area contributed by atoms with Crippen LogP contribution in [0.1, 0.15) is 63.6 Å². The molecule has 3 heterocycles. The summed E-state index contributed by atoms with van der Waals surface area (Å²) in [5.74, 6) is 3.21. The SMILES string of the molecule is CCCN1CCC[C@@H](CNc2nc(C3CCCC3)nc3c2cnn3C)C1. The number of nitrogens with zero attached hydrogens (tertiary/aromatic N) is 5. The van der Waals surface area contributed by atoms with E-state index in [1.165, 1.54) is 64.6 Å². The van der Waals surface area contributed by atoms with Gasteiger partial charge in [0.05, 0.1) is 11.6 Å². The number of hydrogen-bond donors (Lipinski definition) is 1. The van der Waals surface area contributed by atoms with Gasteiger partial charge < -0.3 is 10.2 Å². The molecule has 1 N–H and O–H groups in total. The maximum absolute atomic E-state index is 4.95. The second-order valence-electron chi connectivity index (χ2n) is 8.11. The van der Waals surface area contributed by atoms with Gasteiger partial charge in [-0.15, -0.1) is 0 Å². The fourth-order valence-electron chi connectivity index (χ4n) is 4.62. The fourth-order valence-corrected chi connectivity index (χ4v) is 4.62. The van der Waals surface area contributed by atoms with Gasteiger partial charge in [0.2, 0.25) is 0 Å². The zero-order valence-electron chi connectivity index (χ0n) is 16.2. The largest absolute Gasteiger partial charge is 0.369 e. The molecule has 4 rings (SSSR count). The molecule has 0 bridgehead atoms. The first-order valence-corrected chi connectivity index (χ1v) is 10.4. The summed E-state index contributed by atoms with van der Waals surface area (Å²) < 4.78 is 1.88. The van der Waals surface area contributed by atoms with E-state index >= 15 is 0 Å². The van der Waals surface area contributed by atoms with Gasteiger partial charge in [-0.3, -0.25) is 4.68 Å². The van der Waals surface area contributed by atoms with Crippen molar-refractivity contribution in [3.63, 3.8) is 0 Å². The average molecular weight is 357 g/mol. The molecule has 26 heavy (non-hydrogen) atoms. The van der Waals surface area contributed by atoms with E-state index in [9.17, 15) is 0 Å².